The van der Waals surface area contributed by atoms with Crippen molar-refractivity contribution in [1.29, 1.82) is 0 Å². The van der Waals surface area contributed by atoms with Gasteiger partial charge in [-0.15, -0.1) is 0 Å². The standard InChI is InChI=1S/C25H27N5O/c1-29-10-12-30(13-11-29)21-5-2-17(3-6-21)20-15-23(24(26)28-16-20)18-4-7-22-19(14-18)8-9-27-25(22)31/h2-7,14-16H,8-13H2,1H3,(H2,26,28)(H,27,31). The predicted molar refractivity (Wildman–Crippen MR) is 125 cm³/mol. The smallest absolute Gasteiger partial charge is 0.251 e. The molecule has 1 fully saturated rings. The van der Waals surface area contributed by atoms with Crippen LogP contribution in [-0.4, -0.2) is 55.6 Å². The Hall–Kier alpha value is -3.38. The van der Waals surface area contributed by atoms with E-state index in [0.717, 1.165) is 66.0 Å². The Balaban J connectivity index is 1.43. The van der Waals surface area contributed by atoms with Gasteiger partial charge in [-0.2, -0.15) is 0 Å². The van der Waals surface area contributed by atoms with E-state index in [1.807, 2.05) is 18.3 Å². The summed E-state index contributed by atoms with van der Waals surface area (Å²) in [5, 5.41) is 2.89. The van der Waals surface area contributed by atoms with Crippen LogP contribution in [0.1, 0.15) is 15.9 Å². The molecule has 0 bridgehead atoms. The minimum atomic E-state index is -0.00640. The Labute approximate surface area is 182 Å². The van der Waals surface area contributed by atoms with Crippen molar-refractivity contribution >= 4 is 17.4 Å². The summed E-state index contributed by atoms with van der Waals surface area (Å²) in [6.07, 6.45) is 2.66. The molecule has 3 N–H and O–H groups in total. The number of likely N-dealkylation sites (N-methyl/N-ethyl adjacent to an activating group) is 1. The summed E-state index contributed by atoms with van der Waals surface area (Å²) >= 11 is 0. The zero-order chi connectivity index (χ0) is 21.4. The van der Waals surface area contributed by atoms with E-state index in [1.165, 1.54) is 5.69 Å². The highest BCUT2D eigenvalue weighted by Gasteiger charge is 2.18. The van der Waals surface area contributed by atoms with Crippen LogP contribution in [0.15, 0.2) is 54.7 Å². The summed E-state index contributed by atoms with van der Waals surface area (Å²) < 4.78 is 0. The molecule has 3 aromatic rings. The first-order valence-corrected chi connectivity index (χ1v) is 10.8. The average molecular weight is 414 g/mol. The fourth-order valence-corrected chi connectivity index (χ4v) is 4.39. The molecule has 0 unspecified atom stereocenters. The van der Waals surface area contributed by atoms with E-state index >= 15 is 0 Å². The number of aromatic nitrogens is 1. The van der Waals surface area contributed by atoms with E-state index in [1.54, 1.807) is 0 Å². The molecular formula is C25H27N5O. The monoisotopic (exact) mass is 413 g/mol. The second kappa shape index (κ2) is 8.04. The molecule has 3 heterocycles. The fraction of sp³-hybridized carbons (Fsp3) is 0.280. The van der Waals surface area contributed by atoms with Gasteiger partial charge < -0.3 is 20.9 Å². The van der Waals surface area contributed by atoms with Crippen LogP contribution in [0, 0.1) is 0 Å². The Morgan fingerprint density at radius 3 is 2.42 bits per heavy atom. The quantitative estimate of drug-likeness (QED) is 0.690. The number of amides is 1. The van der Waals surface area contributed by atoms with Crippen molar-refractivity contribution in [2.75, 3.05) is 50.4 Å². The van der Waals surface area contributed by atoms with Gasteiger partial charge in [0, 0.05) is 61.3 Å². The average Bonchev–Trinajstić information content (AvgIpc) is 2.80. The minimum absolute atomic E-state index is 0.00640. The van der Waals surface area contributed by atoms with E-state index in [2.05, 4.69) is 63.5 Å². The maximum atomic E-state index is 12.0. The number of nitrogens with two attached hydrogens (primary N) is 1. The van der Waals surface area contributed by atoms with Crippen LogP contribution in [0.4, 0.5) is 11.5 Å². The summed E-state index contributed by atoms with van der Waals surface area (Å²) in [6, 6.07) is 16.7. The number of nitrogens with one attached hydrogen (secondary N) is 1. The van der Waals surface area contributed by atoms with Crippen LogP contribution in [0.5, 0.6) is 0 Å². The van der Waals surface area contributed by atoms with E-state index < -0.39 is 0 Å². The highest BCUT2D eigenvalue weighted by atomic mass is 16.1. The normalized spacial score (nSPS) is 16.7. The molecule has 1 saturated heterocycles. The first-order chi connectivity index (χ1) is 15.1. The van der Waals surface area contributed by atoms with Crippen LogP contribution in [-0.2, 0) is 6.42 Å². The third-order valence-electron chi connectivity index (χ3n) is 6.33. The van der Waals surface area contributed by atoms with Crippen molar-refractivity contribution in [2.24, 2.45) is 0 Å². The van der Waals surface area contributed by atoms with E-state index in [9.17, 15) is 4.79 Å². The number of hydrogen-bond acceptors (Lipinski definition) is 5. The summed E-state index contributed by atoms with van der Waals surface area (Å²) in [5.74, 6) is 0.492. The van der Waals surface area contributed by atoms with Gasteiger partial charge in [-0.1, -0.05) is 24.3 Å². The molecule has 2 aromatic carbocycles. The van der Waals surface area contributed by atoms with Crippen molar-refractivity contribution in [3.63, 3.8) is 0 Å². The van der Waals surface area contributed by atoms with Crippen LogP contribution >= 0.6 is 0 Å². The topological polar surface area (TPSA) is 74.5 Å². The third-order valence-corrected chi connectivity index (χ3v) is 6.33. The lowest BCUT2D eigenvalue weighted by atomic mass is 9.94. The second-order valence-electron chi connectivity index (χ2n) is 8.37. The Bertz CT molecular complexity index is 1120. The molecule has 31 heavy (non-hydrogen) atoms. The molecule has 0 aliphatic carbocycles. The van der Waals surface area contributed by atoms with Crippen molar-refractivity contribution in [3.05, 3.63) is 65.9 Å². The molecule has 0 atom stereocenters. The number of benzene rings is 2. The maximum absolute atomic E-state index is 12.0. The van der Waals surface area contributed by atoms with Gasteiger partial charge in [0.05, 0.1) is 0 Å². The maximum Gasteiger partial charge on any atom is 0.251 e. The molecule has 0 radical (unpaired) electrons. The van der Waals surface area contributed by atoms with Crippen LogP contribution < -0.4 is 16.0 Å². The van der Waals surface area contributed by atoms with Crippen molar-refractivity contribution < 1.29 is 4.79 Å². The van der Waals surface area contributed by atoms with E-state index in [0.29, 0.717) is 12.4 Å². The molecule has 2 aliphatic heterocycles. The highest BCUT2D eigenvalue weighted by Crippen LogP contribution is 2.32. The molecule has 158 valence electrons. The number of piperazine rings is 1. The van der Waals surface area contributed by atoms with Crippen molar-refractivity contribution in [2.45, 2.75) is 6.42 Å². The lowest BCUT2D eigenvalue weighted by molar-refractivity contribution is 0.0946. The summed E-state index contributed by atoms with van der Waals surface area (Å²) in [5.41, 5.74) is 13.3. The van der Waals surface area contributed by atoms with Crippen molar-refractivity contribution in [1.82, 2.24) is 15.2 Å². The number of rotatable bonds is 3. The molecule has 5 rings (SSSR count). The number of hydrogen-bond donors (Lipinski definition) is 2. The number of fused-ring (bicyclic) bond motifs is 1. The van der Waals surface area contributed by atoms with E-state index in [4.69, 9.17) is 5.73 Å². The van der Waals surface area contributed by atoms with E-state index in [-0.39, 0.29) is 5.91 Å². The zero-order valence-electron chi connectivity index (χ0n) is 17.8. The highest BCUT2D eigenvalue weighted by molar-refractivity contribution is 5.97. The molecular weight excluding hydrogens is 386 g/mol. The number of nitrogens with zero attached hydrogens (tertiary/aromatic N) is 3. The molecule has 1 amide bonds. The molecule has 0 saturated carbocycles. The van der Waals surface area contributed by atoms with Gasteiger partial charge in [0.15, 0.2) is 0 Å². The lowest BCUT2D eigenvalue weighted by Gasteiger charge is -2.34. The van der Waals surface area contributed by atoms with Gasteiger partial charge in [-0.05, 0) is 54.4 Å². The van der Waals surface area contributed by atoms with Crippen LogP contribution in [0.3, 0.4) is 0 Å². The second-order valence-corrected chi connectivity index (χ2v) is 8.37. The van der Waals surface area contributed by atoms with Gasteiger partial charge in [0.2, 0.25) is 0 Å². The first-order valence-electron chi connectivity index (χ1n) is 10.8. The molecule has 2 aliphatic rings. The fourth-order valence-electron chi connectivity index (χ4n) is 4.39. The Morgan fingerprint density at radius 2 is 1.65 bits per heavy atom. The number of carbonyl (C=O) groups excluding carboxylic acids is 1. The van der Waals surface area contributed by atoms with Gasteiger partial charge in [-0.3, -0.25) is 4.79 Å². The van der Waals surface area contributed by atoms with Crippen molar-refractivity contribution in [3.8, 4) is 22.3 Å². The van der Waals surface area contributed by atoms with Gasteiger partial charge in [0.1, 0.15) is 5.82 Å². The summed E-state index contributed by atoms with van der Waals surface area (Å²) in [7, 11) is 2.17. The molecule has 0 spiro atoms. The third kappa shape index (κ3) is 3.86. The van der Waals surface area contributed by atoms with Gasteiger partial charge in [0.25, 0.3) is 5.91 Å². The van der Waals surface area contributed by atoms with Crippen LogP contribution in [0.2, 0.25) is 0 Å². The largest absolute Gasteiger partial charge is 0.383 e. The SMILES string of the molecule is CN1CCN(c2ccc(-c3cnc(N)c(-c4ccc5c(c4)CCNC5=O)c3)cc2)CC1. The number of carbonyl (C=O) groups is 1. The summed E-state index contributed by atoms with van der Waals surface area (Å²) in [6.45, 7) is 4.97. The van der Waals surface area contributed by atoms with Gasteiger partial charge in [-0.25, -0.2) is 4.98 Å². The number of pyridine rings is 1. The Morgan fingerprint density at radius 1 is 0.903 bits per heavy atom. The number of anilines is 2. The molecule has 6 nitrogen and oxygen atoms in total. The first kappa shape index (κ1) is 19.6. The van der Waals surface area contributed by atoms with Crippen LogP contribution in [0.25, 0.3) is 22.3 Å². The minimum Gasteiger partial charge on any atom is -0.383 e. The Kier molecular flexibility index (Phi) is 5.08. The summed E-state index contributed by atoms with van der Waals surface area (Å²) in [4.78, 5) is 21.3. The predicted octanol–water partition coefficient (Wildman–Crippen LogP) is 3.04. The number of nitrogen functional groups attached to an aromatic ring is 1. The molecule has 6 heteroatoms. The lowest BCUT2D eigenvalue weighted by Crippen LogP contribution is -2.44. The zero-order valence-corrected chi connectivity index (χ0v) is 17.8. The molecule has 1 aromatic heterocycles. The van der Waals surface area contributed by atoms with Gasteiger partial charge >= 0.3 is 0 Å².